The number of fused-ring (bicyclic) bond motifs is 1. The summed E-state index contributed by atoms with van der Waals surface area (Å²) in [6.45, 7) is 6.72. The van der Waals surface area contributed by atoms with Crippen molar-refractivity contribution in [2.45, 2.75) is 20.5 Å². The van der Waals surface area contributed by atoms with E-state index >= 15 is 0 Å². The topological polar surface area (TPSA) is 63.4 Å². The van der Waals surface area contributed by atoms with Gasteiger partial charge in [-0.1, -0.05) is 0 Å². The molecule has 0 aliphatic heterocycles. The molecule has 0 radical (unpaired) electrons. The van der Waals surface area contributed by atoms with Crippen LogP contribution in [0.2, 0.25) is 0 Å². The molecule has 5 nitrogen and oxygen atoms in total. The number of pyridine rings is 1. The van der Waals surface area contributed by atoms with E-state index in [9.17, 15) is 0 Å². The van der Waals surface area contributed by atoms with Crippen LogP contribution in [0.15, 0.2) is 24.3 Å². The molecule has 0 saturated heterocycles. The van der Waals surface area contributed by atoms with Gasteiger partial charge < -0.3 is 15.1 Å². The standard InChI is InChI=1S/C15H22N4O/c1-4-19(5-2)12-6-7-14-13(9-12)15(18-16)8-11(17-14)10-20-3/h6-9H,4-5,10,16H2,1-3H3,(H,17,18). The number of nitrogens with zero attached hydrogens (tertiary/aromatic N) is 2. The number of methoxy groups -OCH3 is 1. The van der Waals surface area contributed by atoms with Gasteiger partial charge in [0.1, 0.15) is 0 Å². The Labute approximate surface area is 119 Å². The minimum absolute atomic E-state index is 0.475. The van der Waals surface area contributed by atoms with E-state index < -0.39 is 0 Å². The van der Waals surface area contributed by atoms with E-state index in [1.54, 1.807) is 7.11 Å². The number of hydrazine groups is 1. The number of benzene rings is 1. The predicted octanol–water partition coefficient (Wildman–Crippen LogP) is 2.51. The zero-order valence-corrected chi connectivity index (χ0v) is 12.3. The monoisotopic (exact) mass is 274 g/mol. The van der Waals surface area contributed by atoms with Crippen LogP contribution in [-0.4, -0.2) is 25.2 Å². The third-order valence-electron chi connectivity index (χ3n) is 3.42. The second-order valence-electron chi connectivity index (χ2n) is 4.61. The zero-order chi connectivity index (χ0) is 14.5. The Morgan fingerprint density at radius 3 is 2.60 bits per heavy atom. The van der Waals surface area contributed by atoms with E-state index in [1.165, 1.54) is 5.69 Å². The molecule has 0 bridgehead atoms. The first kappa shape index (κ1) is 14.6. The van der Waals surface area contributed by atoms with Gasteiger partial charge in [0.2, 0.25) is 0 Å². The summed E-state index contributed by atoms with van der Waals surface area (Å²) in [7, 11) is 1.66. The van der Waals surface area contributed by atoms with E-state index in [4.69, 9.17) is 10.6 Å². The van der Waals surface area contributed by atoms with E-state index in [2.05, 4.69) is 41.3 Å². The minimum Gasteiger partial charge on any atom is -0.378 e. The van der Waals surface area contributed by atoms with Crippen LogP contribution in [0.1, 0.15) is 19.5 Å². The molecule has 2 rings (SSSR count). The van der Waals surface area contributed by atoms with Crippen LogP contribution in [-0.2, 0) is 11.3 Å². The molecule has 0 aliphatic rings. The molecule has 1 heterocycles. The number of hydrogen-bond donors (Lipinski definition) is 2. The van der Waals surface area contributed by atoms with Crippen molar-refractivity contribution in [3.05, 3.63) is 30.0 Å². The average Bonchev–Trinajstić information content (AvgIpc) is 2.48. The SMILES string of the molecule is CCN(CC)c1ccc2nc(COC)cc(NN)c2c1. The van der Waals surface area contributed by atoms with Gasteiger partial charge in [-0.3, -0.25) is 10.8 Å². The molecular weight excluding hydrogens is 252 g/mol. The molecule has 1 aromatic carbocycles. The third-order valence-corrected chi connectivity index (χ3v) is 3.42. The fraction of sp³-hybridized carbons (Fsp3) is 0.400. The molecule has 0 unspecified atom stereocenters. The van der Waals surface area contributed by atoms with Crippen LogP contribution < -0.4 is 16.2 Å². The molecule has 2 aromatic rings. The fourth-order valence-corrected chi connectivity index (χ4v) is 2.40. The maximum Gasteiger partial charge on any atom is 0.0885 e. The fourth-order valence-electron chi connectivity index (χ4n) is 2.40. The maximum atomic E-state index is 5.64. The number of hydrogen-bond acceptors (Lipinski definition) is 5. The summed E-state index contributed by atoms with van der Waals surface area (Å²) in [6.07, 6.45) is 0. The predicted molar refractivity (Wildman–Crippen MR) is 83.8 cm³/mol. The Balaban J connectivity index is 2.53. The summed E-state index contributed by atoms with van der Waals surface area (Å²) in [4.78, 5) is 6.88. The number of rotatable bonds is 6. The summed E-state index contributed by atoms with van der Waals surface area (Å²) in [5, 5.41) is 1.02. The van der Waals surface area contributed by atoms with Crippen LogP contribution in [0.4, 0.5) is 11.4 Å². The number of nitrogens with one attached hydrogen (secondary N) is 1. The lowest BCUT2D eigenvalue weighted by Crippen LogP contribution is -2.21. The molecule has 0 atom stereocenters. The van der Waals surface area contributed by atoms with Gasteiger partial charge in [-0.15, -0.1) is 0 Å². The van der Waals surface area contributed by atoms with E-state index in [0.717, 1.165) is 35.4 Å². The first-order valence-electron chi connectivity index (χ1n) is 6.87. The zero-order valence-electron chi connectivity index (χ0n) is 12.3. The second-order valence-corrected chi connectivity index (χ2v) is 4.61. The number of anilines is 2. The largest absolute Gasteiger partial charge is 0.378 e. The maximum absolute atomic E-state index is 5.64. The minimum atomic E-state index is 0.475. The van der Waals surface area contributed by atoms with E-state index in [-0.39, 0.29) is 0 Å². The highest BCUT2D eigenvalue weighted by Gasteiger charge is 2.08. The van der Waals surface area contributed by atoms with Gasteiger partial charge in [-0.05, 0) is 38.1 Å². The lowest BCUT2D eigenvalue weighted by atomic mass is 10.1. The Bertz CT molecular complexity index is 581. The van der Waals surface area contributed by atoms with Gasteiger partial charge in [0.05, 0.1) is 23.5 Å². The quantitative estimate of drug-likeness (QED) is 0.626. The molecule has 5 heteroatoms. The van der Waals surface area contributed by atoms with Crippen LogP contribution in [0.3, 0.4) is 0 Å². The number of aromatic nitrogens is 1. The molecule has 0 amide bonds. The molecular formula is C15H22N4O. The van der Waals surface area contributed by atoms with Gasteiger partial charge in [0.25, 0.3) is 0 Å². The van der Waals surface area contributed by atoms with Crippen molar-refractivity contribution >= 4 is 22.3 Å². The lowest BCUT2D eigenvalue weighted by molar-refractivity contribution is 0.182. The molecule has 0 aliphatic carbocycles. The van der Waals surface area contributed by atoms with Gasteiger partial charge in [0.15, 0.2) is 0 Å². The van der Waals surface area contributed by atoms with E-state index in [1.807, 2.05) is 12.1 Å². The summed E-state index contributed by atoms with van der Waals surface area (Å²) < 4.78 is 5.13. The summed E-state index contributed by atoms with van der Waals surface area (Å²) >= 11 is 0. The van der Waals surface area contributed by atoms with E-state index in [0.29, 0.717) is 6.61 Å². The number of nitrogen functional groups attached to an aromatic ring is 1. The van der Waals surface area contributed by atoms with Crippen LogP contribution in [0.25, 0.3) is 10.9 Å². The summed E-state index contributed by atoms with van der Waals surface area (Å²) in [6, 6.07) is 8.18. The molecule has 20 heavy (non-hydrogen) atoms. The van der Waals surface area contributed by atoms with Crippen molar-refractivity contribution in [3.8, 4) is 0 Å². The highest BCUT2D eigenvalue weighted by molar-refractivity contribution is 5.93. The third kappa shape index (κ3) is 2.84. The van der Waals surface area contributed by atoms with Crippen molar-refractivity contribution in [1.82, 2.24) is 4.98 Å². The van der Waals surface area contributed by atoms with Crippen molar-refractivity contribution in [1.29, 1.82) is 0 Å². The average molecular weight is 274 g/mol. The normalized spacial score (nSPS) is 10.8. The summed E-state index contributed by atoms with van der Waals surface area (Å²) in [5.41, 5.74) is 6.59. The Hall–Kier alpha value is -1.85. The van der Waals surface area contributed by atoms with Crippen molar-refractivity contribution in [2.24, 2.45) is 5.84 Å². The highest BCUT2D eigenvalue weighted by Crippen LogP contribution is 2.27. The van der Waals surface area contributed by atoms with Crippen molar-refractivity contribution in [3.63, 3.8) is 0 Å². The number of ether oxygens (including phenoxy) is 1. The van der Waals surface area contributed by atoms with Crippen LogP contribution in [0.5, 0.6) is 0 Å². The highest BCUT2D eigenvalue weighted by atomic mass is 16.5. The van der Waals surface area contributed by atoms with Gasteiger partial charge in [-0.25, -0.2) is 0 Å². The van der Waals surface area contributed by atoms with Crippen LogP contribution >= 0.6 is 0 Å². The smallest absolute Gasteiger partial charge is 0.0885 e. The molecule has 3 N–H and O–H groups in total. The van der Waals surface area contributed by atoms with Gasteiger partial charge in [0, 0.05) is 31.3 Å². The van der Waals surface area contributed by atoms with Gasteiger partial charge in [-0.2, -0.15) is 0 Å². The molecule has 108 valence electrons. The van der Waals surface area contributed by atoms with Crippen molar-refractivity contribution in [2.75, 3.05) is 30.5 Å². The second kappa shape index (κ2) is 6.54. The summed E-state index contributed by atoms with van der Waals surface area (Å²) in [5.74, 6) is 5.64. The first-order chi connectivity index (χ1) is 9.73. The Morgan fingerprint density at radius 1 is 1.25 bits per heavy atom. The lowest BCUT2D eigenvalue weighted by Gasteiger charge is -2.21. The van der Waals surface area contributed by atoms with Gasteiger partial charge >= 0.3 is 0 Å². The molecule has 0 saturated carbocycles. The molecule has 0 fully saturated rings. The Morgan fingerprint density at radius 2 is 2.00 bits per heavy atom. The molecule has 0 spiro atoms. The van der Waals surface area contributed by atoms with Crippen LogP contribution in [0, 0.1) is 0 Å². The number of nitrogens with two attached hydrogens (primary N) is 1. The molecule has 1 aromatic heterocycles. The Kier molecular flexibility index (Phi) is 4.76. The first-order valence-corrected chi connectivity index (χ1v) is 6.87. The van der Waals surface area contributed by atoms with Crippen molar-refractivity contribution < 1.29 is 4.74 Å².